The predicted molar refractivity (Wildman–Crippen MR) is 61.1 cm³/mol. The second kappa shape index (κ2) is 4.66. The van der Waals surface area contributed by atoms with Gasteiger partial charge in [0.05, 0.1) is 4.92 Å². The number of nitrogens with one attached hydrogen (secondary N) is 1. The lowest BCUT2D eigenvalue weighted by Crippen LogP contribution is -2.17. The van der Waals surface area contributed by atoms with Crippen molar-refractivity contribution in [3.05, 3.63) is 15.8 Å². The summed E-state index contributed by atoms with van der Waals surface area (Å²) in [6.45, 7) is 3.47. The second-order valence-electron chi connectivity index (χ2n) is 3.62. The van der Waals surface area contributed by atoms with Crippen molar-refractivity contribution < 1.29 is 4.92 Å². The first-order valence-electron chi connectivity index (χ1n) is 4.85. The van der Waals surface area contributed by atoms with Crippen LogP contribution in [0.25, 0.3) is 0 Å². The smallest absolute Gasteiger partial charge is 0.333 e. The number of hydrogen-bond acceptors (Lipinski definition) is 4. The molecule has 0 aromatic carbocycles. The second-order valence-corrected chi connectivity index (χ2v) is 3.62. The van der Waals surface area contributed by atoms with Gasteiger partial charge in [-0.15, -0.1) is 12.3 Å². The lowest BCUT2D eigenvalue weighted by atomic mass is 10.2. The Bertz CT molecular complexity index is 444. The Kier molecular flexibility index (Phi) is 3.51. The van der Waals surface area contributed by atoms with Crippen LogP contribution in [0.5, 0.6) is 0 Å². The van der Waals surface area contributed by atoms with Crippen LogP contribution in [-0.2, 0) is 7.05 Å². The van der Waals surface area contributed by atoms with E-state index in [9.17, 15) is 10.1 Å². The average molecular weight is 222 g/mol. The van der Waals surface area contributed by atoms with Crippen molar-refractivity contribution in [1.82, 2.24) is 9.78 Å². The molecule has 1 heterocycles. The van der Waals surface area contributed by atoms with Crippen LogP contribution in [-0.4, -0.2) is 20.7 Å². The number of hydrogen-bond donors (Lipinski definition) is 1. The largest absolute Gasteiger partial charge is 0.361 e. The molecule has 0 spiro atoms. The Morgan fingerprint density at radius 2 is 2.38 bits per heavy atom. The Labute approximate surface area is 93.8 Å². The molecule has 16 heavy (non-hydrogen) atoms. The molecule has 0 aliphatic carbocycles. The fourth-order valence-electron chi connectivity index (χ4n) is 1.49. The first-order valence-corrected chi connectivity index (χ1v) is 4.85. The van der Waals surface area contributed by atoms with Gasteiger partial charge < -0.3 is 5.32 Å². The molecule has 86 valence electrons. The number of nitrogens with zero attached hydrogens (tertiary/aromatic N) is 3. The third-order valence-corrected chi connectivity index (χ3v) is 2.18. The van der Waals surface area contributed by atoms with Gasteiger partial charge in [-0.1, -0.05) is 0 Å². The van der Waals surface area contributed by atoms with E-state index in [0.29, 0.717) is 17.9 Å². The van der Waals surface area contributed by atoms with Gasteiger partial charge in [-0.3, -0.25) is 10.1 Å². The Morgan fingerprint density at radius 1 is 1.75 bits per heavy atom. The summed E-state index contributed by atoms with van der Waals surface area (Å²) in [4.78, 5) is 10.4. The summed E-state index contributed by atoms with van der Waals surface area (Å²) in [5, 5.41) is 17.9. The number of aryl methyl sites for hydroxylation is 2. The van der Waals surface area contributed by atoms with Crippen molar-refractivity contribution in [3.63, 3.8) is 0 Å². The van der Waals surface area contributed by atoms with Gasteiger partial charge in [-0.2, -0.15) is 5.10 Å². The lowest BCUT2D eigenvalue weighted by molar-refractivity contribution is -0.384. The van der Waals surface area contributed by atoms with Crippen LogP contribution < -0.4 is 5.32 Å². The zero-order valence-corrected chi connectivity index (χ0v) is 9.52. The van der Waals surface area contributed by atoms with Crippen molar-refractivity contribution in [3.8, 4) is 12.3 Å². The van der Waals surface area contributed by atoms with Crippen molar-refractivity contribution >= 4 is 11.5 Å². The predicted octanol–water partition coefficient (Wildman–Crippen LogP) is 1.46. The number of aromatic nitrogens is 2. The maximum atomic E-state index is 10.9. The van der Waals surface area contributed by atoms with Crippen LogP contribution in [0.15, 0.2) is 0 Å². The number of terminal acetylenes is 1. The topological polar surface area (TPSA) is 73.0 Å². The fraction of sp³-hybridized carbons (Fsp3) is 0.500. The molecule has 0 aliphatic heterocycles. The summed E-state index contributed by atoms with van der Waals surface area (Å²) < 4.78 is 1.46. The zero-order valence-electron chi connectivity index (χ0n) is 9.52. The first kappa shape index (κ1) is 12.0. The Hall–Kier alpha value is -2.03. The van der Waals surface area contributed by atoms with Gasteiger partial charge in [0.15, 0.2) is 0 Å². The molecule has 1 aromatic heterocycles. The minimum atomic E-state index is -0.437. The Balaban J connectivity index is 3.04. The lowest BCUT2D eigenvalue weighted by Gasteiger charge is -2.11. The van der Waals surface area contributed by atoms with Crippen LogP contribution in [0.3, 0.4) is 0 Å². The third kappa shape index (κ3) is 2.31. The molecule has 1 atom stereocenters. The molecule has 0 fully saturated rings. The van der Waals surface area contributed by atoms with Crippen molar-refractivity contribution in [2.75, 3.05) is 5.32 Å². The van der Waals surface area contributed by atoms with Gasteiger partial charge in [-0.05, 0) is 13.8 Å². The summed E-state index contributed by atoms with van der Waals surface area (Å²) in [5.41, 5.74) is 0.397. The van der Waals surface area contributed by atoms with Crippen LogP contribution in [0, 0.1) is 29.4 Å². The summed E-state index contributed by atoms with van der Waals surface area (Å²) >= 11 is 0. The van der Waals surface area contributed by atoms with E-state index in [-0.39, 0.29) is 11.7 Å². The molecule has 0 saturated carbocycles. The number of nitro groups is 1. The molecule has 6 heteroatoms. The molecule has 1 unspecified atom stereocenters. The van der Waals surface area contributed by atoms with Gasteiger partial charge in [-0.25, -0.2) is 4.68 Å². The van der Waals surface area contributed by atoms with E-state index in [0.717, 1.165) is 0 Å². The van der Waals surface area contributed by atoms with E-state index in [1.54, 1.807) is 14.0 Å². The molecule has 1 N–H and O–H groups in total. The monoisotopic (exact) mass is 222 g/mol. The van der Waals surface area contributed by atoms with Crippen molar-refractivity contribution in [2.45, 2.75) is 26.3 Å². The van der Waals surface area contributed by atoms with E-state index >= 15 is 0 Å². The van der Waals surface area contributed by atoms with Crippen LogP contribution >= 0.6 is 0 Å². The third-order valence-electron chi connectivity index (χ3n) is 2.18. The molecule has 6 nitrogen and oxygen atoms in total. The molecule has 0 amide bonds. The summed E-state index contributed by atoms with van der Waals surface area (Å²) in [5.74, 6) is 2.89. The molecule has 1 aromatic rings. The highest BCUT2D eigenvalue weighted by Gasteiger charge is 2.24. The van der Waals surface area contributed by atoms with Gasteiger partial charge in [0.25, 0.3) is 0 Å². The van der Waals surface area contributed by atoms with E-state index < -0.39 is 4.92 Å². The number of rotatable bonds is 4. The van der Waals surface area contributed by atoms with Crippen LogP contribution in [0.1, 0.15) is 19.0 Å². The van der Waals surface area contributed by atoms with E-state index in [1.165, 1.54) is 4.68 Å². The molecular weight excluding hydrogens is 208 g/mol. The van der Waals surface area contributed by atoms with Gasteiger partial charge in [0.1, 0.15) is 5.69 Å². The van der Waals surface area contributed by atoms with E-state index in [4.69, 9.17) is 6.42 Å². The van der Waals surface area contributed by atoms with Crippen LogP contribution in [0.2, 0.25) is 0 Å². The Morgan fingerprint density at radius 3 is 2.88 bits per heavy atom. The van der Waals surface area contributed by atoms with Gasteiger partial charge in [0.2, 0.25) is 5.82 Å². The van der Waals surface area contributed by atoms with Crippen molar-refractivity contribution in [2.24, 2.45) is 7.05 Å². The van der Waals surface area contributed by atoms with Gasteiger partial charge >= 0.3 is 5.69 Å². The highest BCUT2D eigenvalue weighted by molar-refractivity contribution is 5.59. The van der Waals surface area contributed by atoms with Crippen molar-refractivity contribution in [1.29, 1.82) is 0 Å². The standard InChI is InChI=1S/C10H14N4O2/c1-5-6-7(2)11-10-9(14(15)16)8(3)12-13(10)4/h1,7,11H,6H2,2-4H3. The molecule has 0 saturated heterocycles. The molecule has 0 bridgehead atoms. The molecule has 1 rings (SSSR count). The minimum absolute atomic E-state index is 0.00590. The van der Waals surface area contributed by atoms with E-state index in [1.807, 2.05) is 6.92 Å². The average Bonchev–Trinajstić information content (AvgIpc) is 2.41. The summed E-state index contributed by atoms with van der Waals surface area (Å²) in [7, 11) is 1.66. The number of anilines is 1. The SMILES string of the molecule is C#CCC(C)Nc1c([N+](=O)[O-])c(C)nn1C. The maximum Gasteiger partial charge on any atom is 0.333 e. The molecule has 0 aliphatic rings. The highest BCUT2D eigenvalue weighted by Crippen LogP contribution is 2.27. The fourth-order valence-corrected chi connectivity index (χ4v) is 1.49. The van der Waals surface area contributed by atoms with E-state index in [2.05, 4.69) is 16.3 Å². The van der Waals surface area contributed by atoms with Crippen LogP contribution in [0.4, 0.5) is 11.5 Å². The normalized spacial score (nSPS) is 11.9. The zero-order chi connectivity index (χ0) is 12.3. The summed E-state index contributed by atoms with van der Waals surface area (Å²) in [6.07, 6.45) is 5.68. The molecule has 0 radical (unpaired) electrons. The highest BCUT2D eigenvalue weighted by atomic mass is 16.6. The summed E-state index contributed by atoms with van der Waals surface area (Å²) in [6, 6.07) is -0.0292. The van der Waals surface area contributed by atoms with Gasteiger partial charge in [0, 0.05) is 19.5 Å². The maximum absolute atomic E-state index is 10.9. The quantitative estimate of drug-likeness (QED) is 0.475. The minimum Gasteiger partial charge on any atom is -0.361 e. The molecular formula is C10H14N4O2. The first-order chi connectivity index (χ1) is 7.47.